The monoisotopic (exact) mass is 690 g/mol. The molecule has 0 aliphatic rings. The number of aliphatic hydroxyl groups is 1. The van der Waals surface area contributed by atoms with Gasteiger partial charge in [-0.2, -0.15) is 0 Å². The van der Waals surface area contributed by atoms with Gasteiger partial charge in [-0.05, 0) is 44.9 Å². The Morgan fingerprint density at radius 1 is 0.804 bits per heavy atom. The molecule has 13 N–H and O–H groups in total. The first-order valence-corrected chi connectivity index (χ1v) is 14.3. The van der Waals surface area contributed by atoms with Crippen molar-refractivity contribution < 1.29 is 97.6 Å². The average molecular weight is 691 g/mol. The van der Waals surface area contributed by atoms with E-state index in [1.807, 2.05) is 0 Å². The van der Waals surface area contributed by atoms with E-state index in [0.29, 0.717) is 19.5 Å². The molecule has 0 aromatic carbocycles. The number of carboxylic acid groups (broad SMARTS) is 1. The number of aldehydes is 1. The van der Waals surface area contributed by atoms with E-state index in [1.54, 1.807) is 0 Å². The number of unbranched alkanes of at least 4 members (excludes halogenated alkanes) is 1. The molecule has 0 heterocycles. The van der Waals surface area contributed by atoms with Crippen LogP contribution in [0.5, 0.6) is 0 Å². The van der Waals surface area contributed by atoms with Gasteiger partial charge in [0.25, 0.3) is 0 Å². The normalized spacial score (nSPS) is 13.1. The zero-order chi connectivity index (χ0) is 34.4. The SMILES string of the molecule is [3H]C(=O)CCC(NC(=O)C(CCC(=O)NCCCC[NH3+])NC(=O)C(CCC(=O)NCCO)NC(=O)C(N)CCC(=O)[O-])C(N)=O.[Cl-].[Na+]. The Hall–Kier alpha value is -2.87. The maximum atomic E-state index is 13.3. The number of amides is 6. The van der Waals surface area contributed by atoms with Gasteiger partial charge in [0, 0.05) is 38.3 Å². The van der Waals surface area contributed by atoms with Gasteiger partial charge in [-0.15, -0.1) is 0 Å². The van der Waals surface area contributed by atoms with Crippen LogP contribution in [0.1, 0.15) is 65.6 Å². The van der Waals surface area contributed by atoms with Crippen LogP contribution >= 0.6 is 0 Å². The number of hydrogen-bond donors (Lipinski definition) is 9. The van der Waals surface area contributed by atoms with Crippen molar-refractivity contribution in [1.29, 1.82) is 0 Å². The van der Waals surface area contributed by atoms with Gasteiger partial charge in [0.1, 0.15) is 25.8 Å². The fourth-order valence-corrected chi connectivity index (χ4v) is 3.71. The van der Waals surface area contributed by atoms with E-state index in [0.717, 1.165) is 6.42 Å². The number of aliphatic hydroxyl groups excluding tert-OH is 1. The Morgan fingerprint density at radius 3 is 1.76 bits per heavy atom. The molecule has 20 heteroatoms. The van der Waals surface area contributed by atoms with Gasteiger partial charge >= 0.3 is 29.6 Å². The molecule has 258 valence electrons. The maximum Gasteiger partial charge on any atom is 1.00 e. The molecule has 0 aliphatic heterocycles. The largest absolute Gasteiger partial charge is 1.00 e. The number of aliphatic carboxylic acids is 1. The predicted molar refractivity (Wildman–Crippen MR) is 151 cm³/mol. The fraction of sp³-hybridized carbons (Fsp3) is 0.692. The summed E-state index contributed by atoms with van der Waals surface area (Å²) in [6, 6.07) is -5.67. The van der Waals surface area contributed by atoms with E-state index in [9.17, 15) is 43.5 Å². The van der Waals surface area contributed by atoms with Crippen LogP contribution in [0.3, 0.4) is 0 Å². The summed E-state index contributed by atoms with van der Waals surface area (Å²) in [6.07, 6.45) is -2.24. The van der Waals surface area contributed by atoms with Crippen molar-refractivity contribution in [3.63, 3.8) is 0 Å². The fourth-order valence-electron chi connectivity index (χ4n) is 3.71. The van der Waals surface area contributed by atoms with Crippen LogP contribution in [0.25, 0.3) is 0 Å². The number of rotatable bonds is 25. The van der Waals surface area contributed by atoms with Crippen LogP contribution in [0.15, 0.2) is 0 Å². The molecule has 18 nitrogen and oxygen atoms in total. The van der Waals surface area contributed by atoms with Crippen LogP contribution in [0.4, 0.5) is 0 Å². The predicted octanol–water partition coefficient (Wildman–Crippen LogP) is -12.4. The van der Waals surface area contributed by atoms with Crippen molar-refractivity contribution in [2.75, 3.05) is 26.2 Å². The smallest absolute Gasteiger partial charge is 1.00 e. The molecule has 0 radical (unpaired) electrons. The van der Waals surface area contributed by atoms with E-state index in [4.69, 9.17) is 17.9 Å². The van der Waals surface area contributed by atoms with E-state index in [2.05, 4.69) is 32.3 Å². The van der Waals surface area contributed by atoms with Crippen LogP contribution in [0.2, 0.25) is 0 Å². The van der Waals surface area contributed by atoms with Crippen molar-refractivity contribution >= 4 is 47.7 Å². The molecule has 0 aromatic heterocycles. The first kappa shape index (κ1) is 45.3. The zero-order valence-electron chi connectivity index (χ0n) is 27.1. The Balaban J connectivity index is -0.00000968. The second-order valence-corrected chi connectivity index (χ2v) is 9.85. The quantitative estimate of drug-likeness (QED) is 0.0246. The third-order valence-corrected chi connectivity index (χ3v) is 6.21. The minimum atomic E-state index is -1.47. The molecule has 4 atom stereocenters. The molecule has 6 amide bonds. The molecule has 4 unspecified atom stereocenters. The molecule has 0 rings (SSSR count). The van der Waals surface area contributed by atoms with E-state index in [1.165, 1.54) is 0 Å². The van der Waals surface area contributed by atoms with Crippen molar-refractivity contribution in [3.05, 3.63) is 0 Å². The molecule has 0 saturated heterocycles. The topological polar surface area (TPSA) is 320 Å². The summed E-state index contributed by atoms with van der Waals surface area (Å²) in [4.78, 5) is 97.3. The van der Waals surface area contributed by atoms with Crippen LogP contribution in [0, 0.1) is 0 Å². The van der Waals surface area contributed by atoms with Gasteiger partial charge in [-0.3, -0.25) is 28.8 Å². The Labute approximate surface area is 296 Å². The Kier molecular flexibility index (Phi) is 27.9. The van der Waals surface area contributed by atoms with Crippen LogP contribution in [-0.2, 0) is 38.4 Å². The third-order valence-electron chi connectivity index (χ3n) is 6.21. The molecule has 0 aromatic rings. The number of halogens is 1. The summed E-state index contributed by atoms with van der Waals surface area (Å²) in [7, 11) is 0. The molecule has 0 aliphatic carbocycles. The molecular weight excluding hydrogens is 643 g/mol. The molecule has 46 heavy (non-hydrogen) atoms. The van der Waals surface area contributed by atoms with Crippen LogP contribution in [-0.4, -0.2) is 103 Å². The van der Waals surface area contributed by atoms with Gasteiger partial charge in [-0.1, -0.05) is 0 Å². The number of nitrogens with one attached hydrogen (secondary N) is 5. The van der Waals surface area contributed by atoms with Gasteiger partial charge in [0.2, 0.25) is 35.4 Å². The van der Waals surface area contributed by atoms with Crippen molar-refractivity contribution in [2.24, 2.45) is 11.5 Å². The van der Waals surface area contributed by atoms with Gasteiger partial charge in [0.15, 0.2) is 0 Å². The number of nitrogens with two attached hydrogens (primary N) is 2. The van der Waals surface area contributed by atoms with E-state index < -0.39 is 84.7 Å². The summed E-state index contributed by atoms with van der Waals surface area (Å²) < 4.78 is 7.03. The summed E-state index contributed by atoms with van der Waals surface area (Å²) in [6.45, 7) is 0.622. The summed E-state index contributed by atoms with van der Waals surface area (Å²) in [5.74, 6) is -6.33. The molecule has 0 saturated carbocycles. The summed E-state index contributed by atoms with van der Waals surface area (Å²) in [5.41, 5.74) is 14.7. The summed E-state index contributed by atoms with van der Waals surface area (Å²) in [5, 5.41) is 31.7. The number of primary amides is 1. The average Bonchev–Trinajstić information content (AvgIpc) is 2.98. The van der Waals surface area contributed by atoms with Gasteiger partial charge in [0.05, 0.1) is 19.2 Å². The van der Waals surface area contributed by atoms with E-state index in [-0.39, 0.29) is 93.6 Å². The Morgan fingerprint density at radius 2 is 1.30 bits per heavy atom. The first-order valence-electron chi connectivity index (χ1n) is 14.8. The van der Waals surface area contributed by atoms with E-state index >= 15 is 0 Å². The standard InChI is InChI=1S/C26H46N8O10.ClH.Na/c27-11-1-2-12-30-20(37)8-7-19(25(43)32-17(23(29)41)4-3-14-35)34-26(44)18(6-9-21(38)31-13-15-36)33-24(42)16(28)5-10-22(39)40;;/h14,16-19,36H,1-13,15,27-28H2,(H2,29,41)(H,30,37)(H,31,38)(H,32,43)(H,33,42)(H,34,44)(H,39,40);1H;/q;;+1/p-1/i14T;;. The second-order valence-electron chi connectivity index (χ2n) is 9.85. The Bertz CT molecular complexity index is 1050. The maximum absolute atomic E-state index is 13.3. The molecule has 0 spiro atoms. The number of carbonyl (C=O) groups excluding carboxylic acids is 8. The van der Waals surface area contributed by atoms with Crippen molar-refractivity contribution in [3.8, 4) is 0 Å². The minimum Gasteiger partial charge on any atom is -1.00 e. The number of carboxylic acids is 1. The second kappa shape index (κ2) is 28.4. The summed E-state index contributed by atoms with van der Waals surface area (Å²) >= 11 is 0. The van der Waals surface area contributed by atoms with Crippen molar-refractivity contribution in [1.82, 2.24) is 26.6 Å². The number of carbonyl (C=O) groups is 8. The molecular formula is C26H46ClN8NaO10. The third kappa shape index (κ3) is 22.6. The number of hydrogen-bond acceptors (Lipinski definition) is 11. The number of quaternary nitrogens is 1. The van der Waals surface area contributed by atoms with Crippen LogP contribution < -0.4 is 90.9 Å². The molecule has 0 fully saturated rings. The van der Waals surface area contributed by atoms with Gasteiger partial charge in [-0.25, -0.2) is 0 Å². The first-order chi connectivity index (χ1) is 21.2. The van der Waals surface area contributed by atoms with Gasteiger partial charge < -0.3 is 76.0 Å². The zero-order valence-corrected chi connectivity index (χ0v) is 28.8. The minimum absolute atomic E-state index is 0. The molecule has 0 bridgehead atoms. The van der Waals surface area contributed by atoms with Crippen molar-refractivity contribution in [2.45, 2.75) is 88.4 Å².